The zero-order chi connectivity index (χ0) is 30.1. The number of hydrogen-bond acceptors (Lipinski definition) is 7. The molecule has 2 aromatic heterocycles. The summed E-state index contributed by atoms with van der Waals surface area (Å²) in [5.41, 5.74) is 3.44. The van der Waals surface area contributed by atoms with Crippen LogP contribution in [-0.4, -0.2) is 30.2 Å². The van der Waals surface area contributed by atoms with Gasteiger partial charge in [0.1, 0.15) is 5.76 Å². The quantitative estimate of drug-likeness (QED) is 0.249. The van der Waals surface area contributed by atoms with Crippen LogP contribution in [0.1, 0.15) is 74.9 Å². The molecular formula is C35H37N3O4S. The third kappa shape index (κ3) is 5.76. The fourth-order valence-electron chi connectivity index (χ4n) is 5.77. The zero-order valence-electron chi connectivity index (χ0n) is 25.1. The Bertz CT molecular complexity index is 1820. The first-order valence-electron chi connectivity index (χ1n) is 15.1. The third-order valence-corrected chi connectivity index (χ3v) is 9.26. The van der Waals surface area contributed by atoms with Gasteiger partial charge in [0.2, 0.25) is 0 Å². The van der Waals surface area contributed by atoms with Crippen molar-refractivity contribution in [1.29, 1.82) is 0 Å². The molecule has 0 bridgehead atoms. The summed E-state index contributed by atoms with van der Waals surface area (Å²) in [5.74, 6) is 2.03. The maximum absolute atomic E-state index is 14.1. The second-order valence-corrected chi connectivity index (χ2v) is 12.6. The molecule has 1 saturated heterocycles. The van der Waals surface area contributed by atoms with Crippen LogP contribution < -0.4 is 19.8 Å². The number of carbonyl (C=O) groups excluding carboxylic acids is 1. The molecule has 6 rings (SSSR count). The monoisotopic (exact) mass is 595 g/mol. The van der Waals surface area contributed by atoms with Gasteiger partial charge < -0.3 is 14.1 Å². The minimum absolute atomic E-state index is 0.213. The second kappa shape index (κ2) is 12.2. The van der Waals surface area contributed by atoms with Gasteiger partial charge in [0.25, 0.3) is 5.56 Å². The number of anilines is 1. The summed E-state index contributed by atoms with van der Waals surface area (Å²) >= 11 is 1.30. The number of rotatable bonds is 7. The molecule has 2 aromatic carbocycles. The van der Waals surface area contributed by atoms with Crippen LogP contribution in [0.15, 0.2) is 86.5 Å². The van der Waals surface area contributed by atoms with E-state index in [9.17, 15) is 9.59 Å². The average Bonchev–Trinajstić information content (AvgIpc) is 3.61. The number of furan rings is 1. The molecule has 0 radical (unpaired) electrons. The largest absolute Gasteiger partial charge is 0.463 e. The molecule has 1 atom stereocenters. The van der Waals surface area contributed by atoms with Crippen molar-refractivity contribution in [3.05, 3.63) is 114 Å². The molecule has 222 valence electrons. The van der Waals surface area contributed by atoms with E-state index in [0.717, 1.165) is 48.9 Å². The highest BCUT2D eigenvalue weighted by Crippen LogP contribution is 2.35. The van der Waals surface area contributed by atoms with E-state index in [1.807, 2.05) is 54.6 Å². The lowest BCUT2D eigenvalue weighted by Gasteiger charge is -2.29. The van der Waals surface area contributed by atoms with Gasteiger partial charge in [-0.1, -0.05) is 86.7 Å². The Kier molecular flexibility index (Phi) is 8.21. The van der Waals surface area contributed by atoms with Crippen LogP contribution in [0.4, 0.5) is 5.88 Å². The lowest BCUT2D eigenvalue weighted by molar-refractivity contribution is -0.138. The first-order valence-corrected chi connectivity index (χ1v) is 15.9. The first-order chi connectivity index (χ1) is 20.8. The van der Waals surface area contributed by atoms with Gasteiger partial charge in [-0.2, -0.15) is 0 Å². The Balaban J connectivity index is 1.51. The predicted molar refractivity (Wildman–Crippen MR) is 171 cm³/mol. The Morgan fingerprint density at radius 3 is 2.47 bits per heavy atom. The van der Waals surface area contributed by atoms with Crippen molar-refractivity contribution in [2.24, 2.45) is 10.9 Å². The molecule has 0 N–H and O–H groups in total. The standard InChI is InChI=1S/C35H37N3O4S/c1-5-41-34(40)30-31(25-9-7-6-8-10-25)36-35-38(32(30)26-13-11-24(12-14-26)22(2)3)33(39)28(43-35)21-27-15-16-29(42-27)37-19-17-23(4)18-20-37/h6-16,21-23,32H,5,17-20H2,1-4H3/b28-21+/t32-/m1/s1. The molecule has 4 aromatic rings. The molecule has 4 heterocycles. The smallest absolute Gasteiger partial charge is 0.338 e. The van der Waals surface area contributed by atoms with Crippen LogP contribution in [0.25, 0.3) is 11.8 Å². The van der Waals surface area contributed by atoms with E-state index < -0.39 is 12.0 Å². The molecule has 1 fully saturated rings. The van der Waals surface area contributed by atoms with Crippen molar-refractivity contribution in [3.8, 4) is 0 Å². The van der Waals surface area contributed by atoms with Crippen molar-refractivity contribution < 1.29 is 13.9 Å². The molecule has 7 nitrogen and oxygen atoms in total. The van der Waals surface area contributed by atoms with Crippen LogP contribution in [0, 0.1) is 5.92 Å². The number of thiazole rings is 1. The van der Waals surface area contributed by atoms with Crippen LogP contribution in [0.5, 0.6) is 0 Å². The van der Waals surface area contributed by atoms with E-state index in [1.165, 1.54) is 16.9 Å². The number of benzene rings is 2. The van der Waals surface area contributed by atoms with Crippen LogP contribution in [-0.2, 0) is 9.53 Å². The number of piperidine rings is 1. The molecule has 0 amide bonds. The summed E-state index contributed by atoms with van der Waals surface area (Å²) in [7, 11) is 0. The molecule has 0 aliphatic carbocycles. The van der Waals surface area contributed by atoms with Crippen molar-refractivity contribution in [2.45, 2.75) is 52.5 Å². The maximum atomic E-state index is 14.1. The summed E-state index contributed by atoms with van der Waals surface area (Å²) < 4.78 is 13.9. The highest BCUT2D eigenvalue weighted by atomic mass is 32.1. The number of fused-ring (bicyclic) bond motifs is 1. The maximum Gasteiger partial charge on any atom is 0.338 e. The molecule has 2 aliphatic heterocycles. The fraction of sp³-hybridized carbons (Fsp3) is 0.343. The van der Waals surface area contributed by atoms with Crippen molar-refractivity contribution in [1.82, 2.24) is 4.57 Å². The summed E-state index contributed by atoms with van der Waals surface area (Å²) in [6.45, 7) is 10.5. The lowest BCUT2D eigenvalue weighted by Crippen LogP contribution is -2.40. The molecule has 43 heavy (non-hydrogen) atoms. The number of esters is 1. The van der Waals surface area contributed by atoms with E-state index in [1.54, 1.807) is 17.6 Å². The van der Waals surface area contributed by atoms with Gasteiger partial charge in [-0.25, -0.2) is 9.79 Å². The molecule has 0 unspecified atom stereocenters. The Morgan fingerprint density at radius 1 is 1.07 bits per heavy atom. The summed E-state index contributed by atoms with van der Waals surface area (Å²) in [6.07, 6.45) is 4.06. The van der Waals surface area contributed by atoms with Crippen LogP contribution in [0.2, 0.25) is 0 Å². The van der Waals surface area contributed by atoms with Gasteiger partial charge in [0.15, 0.2) is 10.7 Å². The molecule has 8 heteroatoms. The summed E-state index contributed by atoms with van der Waals surface area (Å²) in [6, 6.07) is 20.9. The average molecular weight is 596 g/mol. The highest BCUT2D eigenvalue weighted by molar-refractivity contribution is 7.07. The van der Waals surface area contributed by atoms with Crippen LogP contribution >= 0.6 is 11.3 Å². The van der Waals surface area contributed by atoms with E-state index in [0.29, 0.717) is 32.3 Å². The van der Waals surface area contributed by atoms with E-state index in [4.69, 9.17) is 14.1 Å². The summed E-state index contributed by atoms with van der Waals surface area (Å²) in [4.78, 5) is 35.5. The number of nitrogens with zero attached hydrogens (tertiary/aromatic N) is 3. The van der Waals surface area contributed by atoms with Gasteiger partial charge in [0, 0.05) is 30.8 Å². The van der Waals surface area contributed by atoms with Gasteiger partial charge in [0.05, 0.1) is 28.5 Å². The van der Waals surface area contributed by atoms with E-state index in [2.05, 4.69) is 37.8 Å². The van der Waals surface area contributed by atoms with Crippen LogP contribution in [0.3, 0.4) is 0 Å². The molecule has 0 saturated carbocycles. The number of aromatic nitrogens is 1. The van der Waals surface area contributed by atoms with Crippen molar-refractivity contribution in [2.75, 3.05) is 24.6 Å². The van der Waals surface area contributed by atoms with Gasteiger partial charge in [-0.3, -0.25) is 9.36 Å². The Morgan fingerprint density at radius 2 is 1.79 bits per heavy atom. The highest BCUT2D eigenvalue weighted by Gasteiger charge is 2.35. The van der Waals surface area contributed by atoms with Gasteiger partial charge in [-0.05, 0) is 48.8 Å². The molecule has 2 aliphatic rings. The van der Waals surface area contributed by atoms with E-state index in [-0.39, 0.29) is 12.2 Å². The minimum Gasteiger partial charge on any atom is -0.463 e. The SMILES string of the molecule is CCOC(=O)C1=C(c2ccccc2)N=c2s/c(=C/c3ccc(N4CCC(C)CC4)o3)c(=O)n2[C@@H]1c1ccc(C(C)C)cc1. The van der Waals surface area contributed by atoms with E-state index >= 15 is 0 Å². The fourth-order valence-corrected chi connectivity index (χ4v) is 6.75. The lowest BCUT2D eigenvalue weighted by atomic mass is 9.91. The predicted octanol–water partition coefficient (Wildman–Crippen LogP) is 5.89. The summed E-state index contributed by atoms with van der Waals surface area (Å²) in [5, 5.41) is 0. The third-order valence-electron chi connectivity index (χ3n) is 8.27. The molecular weight excluding hydrogens is 558 g/mol. The van der Waals surface area contributed by atoms with Crippen molar-refractivity contribution in [3.63, 3.8) is 0 Å². The molecule has 0 spiro atoms. The van der Waals surface area contributed by atoms with Crippen molar-refractivity contribution >= 4 is 35.0 Å². The Hall–Kier alpha value is -4.17. The minimum atomic E-state index is -0.698. The normalized spacial score (nSPS) is 17.7. The number of hydrogen-bond donors (Lipinski definition) is 0. The Labute approximate surface area is 255 Å². The topological polar surface area (TPSA) is 77.0 Å². The number of carbonyl (C=O) groups is 1. The van der Waals surface area contributed by atoms with Gasteiger partial charge >= 0.3 is 5.97 Å². The second-order valence-electron chi connectivity index (χ2n) is 11.6. The zero-order valence-corrected chi connectivity index (χ0v) is 25.9. The van der Waals surface area contributed by atoms with Gasteiger partial charge in [-0.15, -0.1) is 0 Å². The first kappa shape index (κ1) is 28.9. The number of ether oxygens (including phenoxy) is 1.